The summed E-state index contributed by atoms with van der Waals surface area (Å²) in [5.74, 6) is 1.00. The van der Waals surface area contributed by atoms with Crippen LogP contribution in [0.1, 0.15) is 49.3 Å². The van der Waals surface area contributed by atoms with E-state index in [1.54, 1.807) is 6.07 Å². The fourth-order valence-electron chi connectivity index (χ4n) is 2.71. The third-order valence-electron chi connectivity index (χ3n) is 4.20. The molecule has 2 aromatic carbocycles. The molecule has 0 aliphatic carbocycles. The van der Waals surface area contributed by atoms with Crippen LogP contribution >= 0.6 is 31.9 Å². The molecule has 6 heteroatoms. The summed E-state index contributed by atoms with van der Waals surface area (Å²) < 4.78 is 19.4. The average molecular weight is 502 g/mol. The summed E-state index contributed by atoms with van der Waals surface area (Å²) >= 11 is 7.14. The lowest BCUT2D eigenvalue weighted by Crippen LogP contribution is -2.11. The number of ketones is 1. The molecule has 0 aromatic heterocycles. The highest BCUT2D eigenvalue weighted by Gasteiger charge is 2.13. The van der Waals surface area contributed by atoms with Gasteiger partial charge in [0.2, 0.25) is 0 Å². The van der Waals surface area contributed by atoms with Crippen LogP contribution in [-0.4, -0.2) is 24.2 Å². The molecule has 0 amide bonds. The van der Waals surface area contributed by atoms with Gasteiger partial charge in [-0.3, -0.25) is 9.18 Å². The molecule has 2 aromatic rings. The Morgan fingerprint density at radius 3 is 2.44 bits per heavy atom. The minimum Gasteiger partial charge on any atom is -0.508 e. The van der Waals surface area contributed by atoms with E-state index in [9.17, 15) is 14.3 Å². The minimum absolute atomic E-state index is 0.0616. The first-order valence-corrected chi connectivity index (χ1v) is 10.4. The fourth-order valence-corrected chi connectivity index (χ4v) is 4.14. The van der Waals surface area contributed by atoms with Gasteiger partial charge in [0, 0.05) is 15.4 Å². The number of benzene rings is 2. The fraction of sp³-hybridized carbons (Fsp3) is 0.381. The van der Waals surface area contributed by atoms with Crippen LogP contribution in [0.5, 0.6) is 11.5 Å². The summed E-state index contributed by atoms with van der Waals surface area (Å²) in [7, 11) is 0. The van der Waals surface area contributed by atoms with E-state index in [4.69, 9.17) is 4.74 Å². The first-order valence-electron chi connectivity index (χ1n) is 8.82. The number of aromatic hydroxyl groups is 1. The first-order chi connectivity index (χ1) is 12.8. The van der Waals surface area contributed by atoms with Crippen molar-refractivity contribution in [3.05, 3.63) is 56.0 Å². The van der Waals surface area contributed by atoms with Crippen LogP contribution in [0.15, 0.2) is 39.3 Å². The average Bonchev–Trinajstić information content (AvgIpc) is 2.62. The molecule has 0 spiro atoms. The maximum atomic E-state index is 12.1. The quantitative estimate of drug-likeness (QED) is 0.436. The molecular formula is C21H23Br2FO3. The Kier molecular flexibility index (Phi) is 8.29. The zero-order valence-corrected chi connectivity index (χ0v) is 18.6. The van der Waals surface area contributed by atoms with Gasteiger partial charge in [-0.1, -0.05) is 57.8 Å². The number of ether oxygens (including phenoxy) is 1. The zero-order valence-electron chi connectivity index (χ0n) is 15.4. The number of phenols is 1. The highest BCUT2D eigenvalue weighted by molar-refractivity contribution is 9.11. The summed E-state index contributed by atoms with van der Waals surface area (Å²) in [6.07, 6.45) is 1.10. The van der Waals surface area contributed by atoms with Gasteiger partial charge < -0.3 is 9.84 Å². The van der Waals surface area contributed by atoms with Crippen LogP contribution in [0.3, 0.4) is 0 Å². The second-order valence-corrected chi connectivity index (χ2v) is 8.42. The van der Waals surface area contributed by atoms with Crippen LogP contribution < -0.4 is 4.74 Å². The van der Waals surface area contributed by atoms with E-state index in [2.05, 4.69) is 31.9 Å². The molecule has 0 fully saturated rings. The molecule has 2 rings (SSSR count). The number of phenolic OH excluding ortho intramolecular Hbond substituents is 1. The third kappa shape index (κ3) is 6.32. The van der Waals surface area contributed by atoms with Crippen molar-refractivity contribution in [3.63, 3.8) is 0 Å². The molecule has 0 atom stereocenters. The first kappa shape index (κ1) is 21.9. The molecule has 0 saturated heterocycles. The van der Waals surface area contributed by atoms with Gasteiger partial charge in [0.25, 0.3) is 0 Å². The standard InChI is InChI=1S/C21H23Br2FO3/c1-13(2)17-8-14(5-6-21(17)26)9-18-19(22)10-16(11-20(18)23)27-12-15(25)4-3-7-24/h5-6,8,10-11,13,26H,3-4,7,9,12H2,1-2H3. The molecular weight excluding hydrogens is 479 g/mol. The van der Waals surface area contributed by atoms with Crippen LogP contribution in [0.2, 0.25) is 0 Å². The molecule has 0 unspecified atom stereocenters. The van der Waals surface area contributed by atoms with Crippen molar-refractivity contribution in [2.75, 3.05) is 13.3 Å². The molecule has 3 nitrogen and oxygen atoms in total. The highest BCUT2D eigenvalue weighted by Crippen LogP contribution is 2.34. The van der Waals surface area contributed by atoms with Gasteiger partial charge in [0.05, 0.1) is 6.67 Å². The van der Waals surface area contributed by atoms with Gasteiger partial charge >= 0.3 is 0 Å². The van der Waals surface area contributed by atoms with E-state index >= 15 is 0 Å². The highest BCUT2D eigenvalue weighted by atomic mass is 79.9. The van der Waals surface area contributed by atoms with Crippen LogP contribution in [0.25, 0.3) is 0 Å². The van der Waals surface area contributed by atoms with E-state index < -0.39 is 6.67 Å². The maximum Gasteiger partial charge on any atom is 0.170 e. The Morgan fingerprint density at radius 1 is 1.19 bits per heavy atom. The van der Waals surface area contributed by atoms with Crippen molar-refractivity contribution in [2.45, 2.75) is 39.0 Å². The van der Waals surface area contributed by atoms with Gasteiger partial charge in [0.1, 0.15) is 18.1 Å². The van der Waals surface area contributed by atoms with Gasteiger partial charge in [-0.05, 0) is 53.6 Å². The molecule has 0 saturated carbocycles. The van der Waals surface area contributed by atoms with E-state index in [0.717, 1.165) is 25.6 Å². The summed E-state index contributed by atoms with van der Waals surface area (Å²) in [6.45, 7) is 3.54. The summed E-state index contributed by atoms with van der Waals surface area (Å²) in [4.78, 5) is 11.6. The predicted molar refractivity (Wildman–Crippen MR) is 113 cm³/mol. The minimum atomic E-state index is -0.493. The van der Waals surface area contributed by atoms with E-state index in [0.29, 0.717) is 17.9 Å². The predicted octanol–water partition coefficient (Wildman–Crippen LogP) is 6.33. The van der Waals surface area contributed by atoms with Crippen molar-refractivity contribution in [1.82, 2.24) is 0 Å². The number of hydrogen-bond acceptors (Lipinski definition) is 3. The number of carbonyl (C=O) groups excluding carboxylic acids is 1. The molecule has 0 aliphatic rings. The molecule has 146 valence electrons. The Morgan fingerprint density at radius 2 is 1.85 bits per heavy atom. The van der Waals surface area contributed by atoms with Crippen LogP contribution in [0.4, 0.5) is 4.39 Å². The number of rotatable bonds is 9. The van der Waals surface area contributed by atoms with Crippen LogP contribution in [0, 0.1) is 0 Å². The Labute approximate surface area is 176 Å². The molecule has 0 heterocycles. The van der Waals surface area contributed by atoms with Crippen LogP contribution in [-0.2, 0) is 11.2 Å². The Hall–Kier alpha value is -1.40. The van der Waals surface area contributed by atoms with Crippen molar-refractivity contribution in [1.29, 1.82) is 0 Å². The molecule has 27 heavy (non-hydrogen) atoms. The second-order valence-electron chi connectivity index (χ2n) is 6.71. The smallest absolute Gasteiger partial charge is 0.170 e. The van der Waals surface area contributed by atoms with E-state index in [1.807, 2.05) is 38.1 Å². The largest absolute Gasteiger partial charge is 0.508 e. The van der Waals surface area contributed by atoms with E-state index in [1.165, 1.54) is 0 Å². The van der Waals surface area contributed by atoms with Gasteiger partial charge in [-0.2, -0.15) is 0 Å². The van der Waals surface area contributed by atoms with Gasteiger partial charge in [0.15, 0.2) is 5.78 Å². The van der Waals surface area contributed by atoms with Crippen molar-refractivity contribution >= 4 is 37.6 Å². The van der Waals surface area contributed by atoms with Crippen molar-refractivity contribution < 1.29 is 19.0 Å². The molecule has 1 N–H and O–H groups in total. The molecule has 0 bridgehead atoms. The van der Waals surface area contributed by atoms with Gasteiger partial charge in [-0.25, -0.2) is 0 Å². The topological polar surface area (TPSA) is 46.5 Å². The lowest BCUT2D eigenvalue weighted by molar-refractivity contribution is -0.121. The lowest BCUT2D eigenvalue weighted by Gasteiger charge is -2.14. The van der Waals surface area contributed by atoms with Gasteiger partial charge in [-0.15, -0.1) is 0 Å². The summed E-state index contributed by atoms with van der Waals surface area (Å²) in [5, 5.41) is 9.99. The number of halogens is 3. The zero-order chi connectivity index (χ0) is 20.0. The SMILES string of the molecule is CC(C)c1cc(Cc2c(Br)cc(OCC(=O)CCCF)cc2Br)ccc1O. The lowest BCUT2D eigenvalue weighted by atomic mass is 9.96. The number of carbonyl (C=O) groups is 1. The molecule has 0 radical (unpaired) electrons. The third-order valence-corrected chi connectivity index (χ3v) is 5.61. The molecule has 0 aliphatic heterocycles. The number of alkyl halides is 1. The van der Waals surface area contributed by atoms with E-state index in [-0.39, 0.29) is 31.1 Å². The normalized spacial score (nSPS) is 11.0. The number of hydrogen-bond donors (Lipinski definition) is 1. The number of Topliss-reactive ketones (excluding diaryl/α,β-unsaturated/α-hetero) is 1. The van der Waals surface area contributed by atoms with Crippen molar-refractivity contribution in [3.8, 4) is 11.5 Å². The summed E-state index contributed by atoms with van der Waals surface area (Å²) in [6, 6.07) is 9.31. The second kappa shape index (κ2) is 10.2. The monoisotopic (exact) mass is 500 g/mol. The maximum absolute atomic E-state index is 12.1. The van der Waals surface area contributed by atoms with Crippen molar-refractivity contribution in [2.24, 2.45) is 0 Å². The Bertz CT molecular complexity index is 783. The summed E-state index contributed by atoms with van der Waals surface area (Å²) in [5.41, 5.74) is 3.06. The Balaban J connectivity index is 2.13.